The highest BCUT2D eigenvalue weighted by atomic mass is 79.9. The summed E-state index contributed by atoms with van der Waals surface area (Å²) in [7, 11) is 0. The molecular formula is C12H15BrN2. The van der Waals surface area contributed by atoms with Crippen molar-refractivity contribution in [1.82, 2.24) is 10.3 Å². The van der Waals surface area contributed by atoms with Crippen LogP contribution in [0.4, 0.5) is 0 Å². The monoisotopic (exact) mass is 266 g/mol. The molecule has 0 unspecified atom stereocenters. The van der Waals surface area contributed by atoms with Crippen molar-refractivity contribution in [1.29, 1.82) is 0 Å². The van der Waals surface area contributed by atoms with Crippen LogP contribution in [-0.4, -0.2) is 11.0 Å². The smallest absolute Gasteiger partial charge is 0.0600 e. The molecule has 3 heteroatoms. The summed E-state index contributed by atoms with van der Waals surface area (Å²) in [6.07, 6.45) is 0. The van der Waals surface area contributed by atoms with Gasteiger partial charge in [-0.15, -0.1) is 0 Å². The van der Waals surface area contributed by atoms with Gasteiger partial charge in [-0.25, -0.2) is 0 Å². The summed E-state index contributed by atoms with van der Waals surface area (Å²) >= 11 is 3.54. The van der Waals surface area contributed by atoms with E-state index in [0.717, 1.165) is 11.0 Å². The zero-order valence-corrected chi connectivity index (χ0v) is 10.6. The van der Waals surface area contributed by atoms with Gasteiger partial charge in [-0.05, 0) is 28.1 Å². The van der Waals surface area contributed by atoms with Crippen molar-refractivity contribution in [3.05, 3.63) is 34.4 Å². The molecule has 80 valence electrons. The molecule has 0 bridgehead atoms. The molecule has 2 N–H and O–H groups in total. The molecular weight excluding hydrogens is 252 g/mol. The summed E-state index contributed by atoms with van der Waals surface area (Å²) in [6, 6.07) is 8.93. The lowest BCUT2D eigenvalue weighted by Gasteiger charge is -2.05. The molecule has 0 saturated carbocycles. The minimum absolute atomic E-state index is 0.514. The molecule has 0 radical (unpaired) electrons. The number of aromatic amines is 1. The van der Waals surface area contributed by atoms with Crippen molar-refractivity contribution in [2.45, 2.75) is 26.4 Å². The minimum atomic E-state index is 0.514. The molecule has 0 amide bonds. The molecule has 0 aliphatic rings. The first-order valence-corrected chi connectivity index (χ1v) is 5.95. The number of aromatic nitrogens is 1. The van der Waals surface area contributed by atoms with Gasteiger partial charge in [-0.2, -0.15) is 0 Å². The van der Waals surface area contributed by atoms with Crippen LogP contribution in [0.3, 0.4) is 0 Å². The maximum absolute atomic E-state index is 3.54. The normalized spacial score (nSPS) is 11.5. The molecule has 0 saturated heterocycles. The van der Waals surface area contributed by atoms with Gasteiger partial charge in [0.15, 0.2) is 0 Å². The van der Waals surface area contributed by atoms with Crippen molar-refractivity contribution >= 4 is 26.8 Å². The fourth-order valence-electron chi connectivity index (χ4n) is 1.59. The molecule has 0 aliphatic heterocycles. The molecule has 2 aromatic rings. The number of benzene rings is 1. The number of rotatable bonds is 3. The van der Waals surface area contributed by atoms with Crippen LogP contribution in [0.25, 0.3) is 10.9 Å². The van der Waals surface area contributed by atoms with Crippen LogP contribution in [0, 0.1) is 0 Å². The lowest BCUT2D eigenvalue weighted by molar-refractivity contribution is 0.583. The summed E-state index contributed by atoms with van der Waals surface area (Å²) in [5.41, 5.74) is 2.41. The highest BCUT2D eigenvalue weighted by Gasteiger charge is 2.03. The summed E-state index contributed by atoms with van der Waals surface area (Å²) < 4.78 is 1.12. The lowest BCUT2D eigenvalue weighted by atomic mass is 10.2. The van der Waals surface area contributed by atoms with Gasteiger partial charge in [0.2, 0.25) is 0 Å². The van der Waals surface area contributed by atoms with E-state index in [0.29, 0.717) is 6.04 Å². The third kappa shape index (κ3) is 2.41. The third-order valence-electron chi connectivity index (χ3n) is 2.36. The number of para-hydroxylation sites is 1. The second-order valence-corrected chi connectivity index (χ2v) is 4.89. The largest absolute Gasteiger partial charge is 0.356 e. The van der Waals surface area contributed by atoms with E-state index in [2.05, 4.69) is 64.3 Å². The number of halogens is 1. The van der Waals surface area contributed by atoms with Crippen LogP contribution >= 0.6 is 15.9 Å². The minimum Gasteiger partial charge on any atom is -0.356 e. The molecule has 15 heavy (non-hydrogen) atoms. The first kappa shape index (κ1) is 10.7. The van der Waals surface area contributed by atoms with E-state index in [1.165, 1.54) is 16.6 Å². The Bertz CT molecular complexity index is 460. The van der Waals surface area contributed by atoms with Gasteiger partial charge >= 0.3 is 0 Å². The highest BCUT2D eigenvalue weighted by molar-refractivity contribution is 9.10. The Morgan fingerprint density at radius 3 is 2.87 bits per heavy atom. The van der Waals surface area contributed by atoms with Crippen molar-refractivity contribution in [3.63, 3.8) is 0 Å². The third-order valence-corrected chi connectivity index (χ3v) is 3.02. The zero-order chi connectivity index (χ0) is 10.8. The lowest BCUT2D eigenvalue weighted by Crippen LogP contribution is -2.21. The second-order valence-electron chi connectivity index (χ2n) is 4.03. The first-order chi connectivity index (χ1) is 7.16. The Labute approximate surface area is 98.2 Å². The standard InChI is InChI=1S/C12H15BrN2/c1-8(2)14-7-10-6-9-4-3-5-11(13)12(9)15-10/h3-6,8,14-15H,7H2,1-2H3. The number of hydrogen-bond donors (Lipinski definition) is 2. The van der Waals surface area contributed by atoms with E-state index in [4.69, 9.17) is 0 Å². The number of hydrogen-bond acceptors (Lipinski definition) is 1. The van der Waals surface area contributed by atoms with Gasteiger partial charge < -0.3 is 10.3 Å². The molecule has 1 heterocycles. The molecule has 0 fully saturated rings. The fraction of sp³-hybridized carbons (Fsp3) is 0.333. The predicted molar refractivity (Wildman–Crippen MR) is 68.0 cm³/mol. The quantitative estimate of drug-likeness (QED) is 0.876. The Morgan fingerprint density at radius 2 is 2.20 bits per heavy atom. The number of nitrogens with one attached hydrogen (secondary N) is 2. The van der Waals surface area contributed by atoms with Gasteiger partial charge in [0.25, 0.3) is 0 Å². The van der Waals surface area contributed by atoms with E-state index in [9.17, 15) is 0 Å². The predicted octanol–water partition coefficient (Wildman–Crippen LogP) is 3.43. The summed E-state index contributed by atoms with van der Waals surface area (Å²) in [6.45, 7) is 5.19. The summed E-state index contributed by atoms with van der Waals surface area (Å²) in [4.78, 5) is 3.41. The Balaban J connectivity index is 2.27. The van der Waals surface area contributed by atoms with E-state index in [1.807, 2.05) is 0 Å². The van der Waals surface area contributed by atoms with Crippen LogP contribution in [0.5, 0.6) is 0 Å². The van der Waals surface area contributed by atoms with Crippen molar-refractivity contribution < 1.29 is 0 Å². The highest BCUT2D eigenvalue weighted by Crippen LogP contribution is 2.23. The maximum Gasteiger partial charge on any atom is 0.0600 e. The van der Waals surface area contributed by atoms with Gasteiger partial charge in [0.1, 0.15) is 0 Å². The van der Waals surface area contributed by atoms with Crippen molar-refractivity contribution in [2.75, 3.05) is 0 Å². The zero-order valence-electron chi connectivity index (χ0n) is 8.97. The van der Waals surface area contributed by atoms with E-state index < -0.39 is 0 Å². The Kier molecular flexibility index (Phi) is 3.12. The van der Waals surface area contributed by atoms with Crippen LogP contribution in [0.15, 0.2) is 28.7 Å². The van der Waals surface area contributed by atoms with Crippen LogP contribution in [-0.2, 0) is 6.54 Å². The molecule has 2 nitrogen and oxygen atoms in total. The van der Waals surface area contributed by atoms with Crippen LogP contribution in [0.2, 0.25) is 0 Å². The molecule has 0 spiro atoms. The average Bonchev–Trinajstić information content (AvgIpc) is 2.59. The van der Waals surface area contributed by atoms with Crippen LogP contribution < -0.4 is 5.32 Å². The SMILES string of the molecule is CC(C)NCc1cc2cccc(Br)c2[nH]1. The summed E-state index contributed by atoms with van der Waals surface area (Å²) in [5, 5.41) is 4.65. The number of H-pyrrole nitrogens is 1. The maximum atomic E-state index is 3.54. The molecule has 1 aromatic carbocycles. The van der Waals surface area contributed by atoms with Gasteiger partial charge in [-0.3, -0.25) is 0 Å². The second kappa shape index (κ2) is 4.37. The molecule has 0 atom stereocenters. The van der Waals surface area contributed by atoms with Gasteiger partial charge in [0.05, 0.1) is 5.52 Å². The Morgan fingerprint density at radius 1 is 1.40 bits per heavy atom. The average molecular weight is 267 g/mol. The Hall–Kier alpha value is -0.800. The van der Waals surface area contributed by atoms with Gasteiger partial charge in [-0.1, -0.05) is 26.0 Å². The van der Waals surface area contributed by atoms with Crippen LogP contribution in [0.1, 0.15) is 19.5 Å². The van der Waals surface area contributed by atoms with Crippen molar-refractivity contribution in [3.8, 4) is 0 Å². The number of fused-ring (bicyclic) bond motifs is 1. The van der Waals surface area contributed by atoms with E-state index in [1.54, 1.807) is 0 Å². The molecule has 0 aliphatic carbocycles. The first-order valence-electron chi connectivity index (χ1n) is 5.16. The topological polar surface area (TPSA) is 27.8 Å². The molecule has 2 rings (SSSR count). The van der Waals surface area contributed by atoms with Crippen molar-refractivity contribution in [2.24, 2.45) is 0 Å². The van der Waals surface area contributed by atoms with E-state index in [-0.39, 0.29) is 0 Å². The van der Waals surface area contributed by atoms with Gasteiger partial charge in [0, 0.05) is 28.1 Å². The summed E-state index contributed by atoms with van der Waals surface area (Å²) in [5.74, 6) is 0. The van der Waals surface area contributed by atoms with E-state index >= 15 is 0 Å². The fourth-order valence-corrected chi connectivity index (χ4v) is 2.07. The molecule has 1 aromatic heterocycles.